The van der Waals surface area contributed by atoms with Crippen molar-refractivity contribution < 1.29 is 19.4 Å². The quantitative estimate of drug-likeness (QED) is 0.682. The Morgan fingerprint density at radius 1 is 1.11 bits per heavy atom. The van der Waals surface area contributed by atoms with Crippen LogP contribution >= 0.6 is 0 Å². The van der Waals surface area contributed by atoms with E-state index in [1.807, 2.05) is 48.5 Å². The van der Waals surface area contributed by atoms with Crippen LogP contribution in [0.4, 0.5) is 4.79 Å². The lowest BCUT2D eigenvalue weighted by Crippen LogP contribution is -2.44. The monoisotopic (exact) mass is 378 g/mol. The number of nitrogens with one attached hydrogen (secondary N) is 1. The summed E-state index contributed by atoms with van der Waals surface area (Å²) in [7, 11) is 0. The van der Waals surface area contributed by atoms with Crippen molar-refractivity contribution in [1.29, 1.82) is 0 Å². The Morgan fingerprint density at radius 2 is 1.75 bits per heavy atom. The molecule has 2 aromatic carbocycles. The molecule has 0 saturated heterocycles. The fourth-order valence-corrected chi connectivity index (χ4v) is 3.48. The van der Waals surface area contributed by atoms with Gasteiger partial charge in [-0.2, -0.15) is 5.10 Å². The Hall–Kier alpha value is -3.68. The Kier molecular flexibility index (Phi) is 4.76. The van der Waals surface area contributed by atoms with Crippen molar-refractivity contribution >= 4 is 12.1 Å². The third-order valence-corrected chi connectivity index (χ3v) is 4.77. The number of carbonyl (C=O) groups excluding carboxylic acids is 1. The molecule has 1 amide bonds. The number of rotatable bonds is 6. The number of amides is 1. The Labute approximate surface area is 160 Å². The molecule has 0 fully saturated rings. The van der Waals surface area contributed by atoms with Crippen molar-refractivity contribution in [3.05, 3.63) is 72.3 Å². The van der Waals surface area contributed by atoms with E-state index >= 15 is 0 Å². The summed E-state index contributed by atoms with van der Waals surface area (Å²) in [6.45, 7) is 0.0784. The maximum Gasteiger partial charge on any atom is 0.407 e. The second kappa shape index (κ2) is 7.51. The lowest BCUT2D eigenvalue weighted by molar-refractivity contribution is -0.139. The van der Waals surface area contributed by atoms with E-state index in [0.29, 0.717) is 0 Å². The first-order chi connectivity index (χ1) is 13.6. The number of fused-ring (bicyclic) bond motifs is 3. The van der Waals surface area contributed by atoms with Gasteiger partial charge < -0.3 is 15.2 Å². The van der Waals surface area contributed by atoms with Crippen LogP contribution in [0, 0.1) is 0 Å². The van der Waals surface area contributed by atoms with Crippen LogP contribution in [-0.4, -0.2) is 44.6 Å². The third-order valence-electron chi connectivity index (χ3n) is 4.77. The van der Waals surface area contributed by atoms with Gasteiger partial charge >= 0.3 is 12.1 Å². The number of hydrogen-bond donors (Lipinski definition) is 2. The average Bonchev–Trinajstić information content (AvgIpc) is 3.32. The van der Waals surface area contributed by atoms with Crippen LogP contribution in [0.3, 0.4) is 0 Å². The van der Waals surface area contributed by atoms with Crippen molar-refractivity contribution in [1.82, 2.24) is 20.1 Å². The van der Waals surface area contributed by atoms with Gasteiger partial charge in [-0.25, -0.2) is 14.6 Å². The zero-order valence-electron chi connectivity index (χ0n) is 14.9. The summed E-state index contributed by atoms with van der Waals surface area (Å²) in [6.07, 6.45) is 1.90. The van der Waals surface area contributed by atoms with Gasteiger partial charge in [0.1, 0.15) is 25.3 Å². The molecule has 1 aliphatic carbocycles. The summed E-state index contributed by atoms with van der Waals surface area (Å²) in [5.41, 5.74) is 4.44. The summed E-state index contributed by atoms with van der Waals surface area (Å²) in [5.74, 6) is -1.26. The molecule has 0 radical (unpaired) electrons. The number of carboxylic acids is 1. The first-order valence-electron chi connectivity index (χ1n) is 8.80. The normalized spacial score (nSPS) is 13.4. The molecule has 0 saturated carbocycles. The van der Waals surface area contributed by atoms with Crippen LogP contribution in [0.15, 0.2) is 61.2 Å². The highest BCUT2D eigenvalue weighted by atomic mass is 16.5. The van der Waals surface area contributed by atoms with Crippen molar-refractivity contribution in [3.63, 3.8) is 0 Å². The number of nitrogens with zero attached hydrogens (tertiary/aromatic N) is 3. The fourth-order valence-electron chi connectivity index (χ4n) is 3.48. The predicted octanol–water partition coefficient (Wildman–Crippen LogP) is 2.27. The van der Waals surface area contributed by atoms with E-state index in [4.69, 9.17) is 4.74 Å². The van der Waals surface area contributed by atoms with E-state index in [9.17, 15) is 14.7 Å². The molecule has 0 unspecified atom stereocenters. The number of carbonyl (C=O) groups is 2. The van der Waals surface area contributed by atoms with E-state index in [-0.39, 0.29) is 19.1 Å². The first kappa shape index (κ1) is 17.7. The molecule has 1 aliphatic rings. The molecule has 0 bridgehead atoms. The summed E-state index contributed by atoms with van der Waals surface area (Å²) in [4.78, 5) is 27.4. The second-order valence-corrected chi connectivity index (χ2v) is 6.48. The molecular weight excluding hydrogens is 360 g/mol. The number of aliphatic carboxylic acids is 1. The van der Waals surface area contributed by atoms with Crippen LogP contribution in [0.2, 0.25) is 0 Å². The molecule has 8 heteroatoms. The summed E-state index contributed by atoms with van der Waals surface area (Å²) < 4.78 is 6.72. The van der Waals surface area contributed by atoms with E-state index < -0.39 is 18.1 Å². The second-order valence-electron chi connectivity index (χ2n) is 6.48. The van der Waals surface area contributed by atoms with Gasteiger partial charge in [-0.05, 0) is 22.3 Å². The lowest BCUT2D eigenvalue weighted by Gasteiger charge is -2.17. The smallest absolute Gasteiger partial charge is 0.407 e. The van der Waals surface area contributed by atoms with Crippen LogP contribution in [0.1, 0.15) is 17.0 Å². The number of alkyl carbamates (subject to hydrolysis) is 1. The SMILES string of the molecule is O=C(N[C@H](Cn1cncn1)C(=O)O)OCC1c2ccccc2-c2ccccc21. The first-order valence-corrected chi connectivity index (χ1v) is 8.80. The Morgan fingerprint density at radius 3 is 2.32 bits per heavy atom. The minimum Gasteiger partial charge on any atom is -0.480 e. The number of benzene rings is 2. The predicted molar refractivity (Wildman–Crippen MR) is 99.7 cm³/mol. The summed E-state index contributed by atoms with van der Waals surface area (Å²) in [6, 6.07) is 14.8. The Bertz CT molecular complexity index is 957. The Balaban J connectivity index is 1.44. The zero-order chi connectivity index (χ0) is 19.5. The summed E-state index contributed by atoms with van der Waals surface area (Å²) in [5, 5.41) is 15.6. The minimum absolute atomic E-state index is 0.0421. The van der Waals surface area contributed by atoms with Gasteiger partial charge in [0, 0.05) is 5.92 Å². The summed E-state index contributed by atoms with van der Waals surface area (Å²) >= 11 is 0. The van der Waals surface area contributed by atoms with Gasteiger partial charge in [0.05, 0.1) is 6.54 Å². The van der Waals surface area contributed by atoms with E-state index in [1.165, 1.54) is 17.3 Å². The fraction of sp³-hybridized carbons (Fsp3) is 0.200. The molecule has 1 heterocycles. The van der Waals surface area contributed by atoms with Crippen LogP contribution in [0.25, 0.3) is 11.1 Å². The molecule has 8 nitrogen and oxygen atoms in total. The average molecular weight is 378 g/mol. The van der Waals surface area contributed by atoms with Gasteiger partial charge in [0.2, 0.25) is 0 Å². The number of aromatic nitrogens is 3. The van der Waals surface area contributed by atoms with Crippen LogP contribution < -0.4 is 5.32 Å². The zero-order valence-corrected chi connectivity index (χ0v) is 14.9. The van der Waals surface area contributed by atoms with E-state index in [2.05, 4.69) is 15.4 Å². The number of hydrogen-bond acceptors (Lipinski definition) is 5. The molecule has 142 valence electrons. The largest absolute Gasteiger partial charge is 0.480 e. The maximum absolute atomic E-state index is 12.2. The molecule has 2 N–H and O–H groups in total. The van der Waals surface area contributed by atoms with Crippen LogP contribution in [-0.2, 0) is 16.1 Å². The number of carboxylic acid groups (broad SMARTS) is 1. The van der Waals surface area contributed by atoms with E-state index in [0.717, 1.165) is 22.3 Å². The van der Waals surface area contributed by atoms with Crippen molar-refractivity contribution in [3.8, 4) is 11.1 Å². The molecule has 28 heavy (non-hydrogen) atoms. The highest BCUT2D eigenvalue weighted by Gasteiger charge is 2.29. The molecule has 3 aromatic rings. The van der Waals surface area contributed by atoms with Crippen molar-refractivity contribution in [2.24, 2.45) is 0 Å². The maximum atomic E-state index is 12.2. The van der Waals surface area contributed by atoms with Gasteiger partial charge in [0.15, 0.2) is 0 Å². The standard InChI is InChI=1S/C20H18N4O4/c25-19(26)18(9-24-12-21-11-22-24)23-20(27)28-10-17-15-7-3-1-5-13(15)14-6-2-4-8-16(14)17/h1-8,11-12,17-18H,9-10H2,(H,23,27)(H,25,26)/t18-/m1/s1. The molecule has 1 atom stereocenters. The highest BCUT2D eigenvalue weighted by molar-refractivity contribution is 5.81. The third kappa shape index (κ3) is 3.44. The van der Waals surface area contributed by atoms with Crippen molar-refractivity contribution in [2.75, 3.05) is 6.61 Å². The number of ether oxygens (including phenoxy) is 1. The molecule has 4 rings (SSSR count). The molecule has 0 aliphatic heterocycles. The van der Waals surface area contributed by atoms with Crippen LogP contribution in [0.5, 0.6) is 0 Å². The van der Waals surface area contributed by atoms with Crippen molar-refractivity contribution in [2.45, 2.75) is 18.5 Å². The minimum atomic E-state index is -1.18. The molecule has 0 spiro atoms. The van der Waals surface area contributed by atoms with Gasteiger partial charge in [0.25, 0.3) is 0 Å². The highest BCUT2D eigenvalue weighted by Crippen LogP contribution is 2.44. The molecular formula is C20H18N4O4. The van der Waals surface area contributed by atoms with Gasteiger partial charge in [-0.15, -0.1) is 0 Å². The van der Waals surface area contributed by atoms with Gasteiger partial charge in [-0.3, -0.25) is 4.68 Å². The lowest BCUT2D eigenvalue weighted by atomic mass is 9.98. The molecule has 1 aromatic heterocycles. The topological polar surface area (TPSA) is 106 Å². The van der Waals surface area contributed by atoms with Gasteiger partial charge in [-0.1, -0.05) is 48.5 Å². The van der Waals surface area contributed by atoms with E-state index in [1.54, 1.807) is 0 Å².